The van der Waals surface area contributed by atoms with Crippen molar-refractivity contribution in [1.29, 1.82) is 0 Å². The molecule has 0 bridgehead atoms. The van der Waals surface area contributed by atoms with Gasteiger partial charge >= 0.3 is 0 Å². The Hall–Kier alpha value is -0.560. The van der Waals surface area contributed by atoms with Crippen LogP contribution in [0.4, 0.5) is 0 Å². The Morgan fingerprint density at radius 2 is 1.50 bits per heavy atom. The summed E-state index contributed by atoms with van der Waals surface area (Å²) in [6, 6.07) is 0.459. The maximum atomic E-state index is 3.18. The van der Waals surface area contributed by atoms with E-state index >= 15 is 0 Å². The van der Waals surface area contributed by atoms with Crippen LogP contribution in [0, 0.1) is 0 Å². The average molecular weight is 199 g/mol. The van der Waals surface area contributed by atoms with Gasteiger partial charge < -0.3 is 5.32 Å². The fourth-order valence-corrected chi connectivity index (χ4v) is 0.850. The zero-order valence-electron chi connectivity index (χ0n) is 11.3. The van der Waals surface area contributed by atoms with Gasteiger partial charge in [0.05, 0.1) is 0 Å². The third-order valence-corrected chi connectivity index (χ3v) is 1.63. The Morgan fingerprint density at radius 1 is 1.07 bits per heavy atom. The summed E-state index contributed by atoms with van der Waals surface area (Å²) >= 11 is 0. The summed E-state index contributed by atoms with van der Waals surface area (Å²) in [5, 5.41) is 3.18. The lowest BCUT2D eigenvalue weighted by atomic mass is 10.1. The summed E-state index contributed by atoms with van der Waals surface area (Å²) in [6.45, 7) is 14.2. The first-order valence-corrected chi connectivity index (χ1v) is 5.72. The van der Waals surface area contributed by atoms with Crippen LogP contribution in [-0.4, -0.2) is 13.1 Å². The average Bonchev–Trinajstić information content (AvgIpc) is 2.30. The SMILES string of the molecule is C/C=C\C(=C/C)C(C)NC.CC.CC. The van der Waals surface area contributed by atoms with E-state index in [2.05, 4.69) is 37.4 Å². The van der Waals surface area contributed by atoms with Gasteiger partial charge in [-0.05, 0) is 33.4 Å². The van der Waals surface area contributed by atoms with Gasteiger partial charge in [0.15, 0.2) is 0 Å². The first-order chi connectivity index (χ1) is 6.76. The molecule has 1 N–H and O–H groups in total. The van der Waals surface area contributed by atoms with Gasteiger partial charge in [-0.25, -0.2) is 0 Å². The highest BCUT2D eigenvalue weighted by Gasteiger charge is 1.98. The molecule has 0 amide bonds. The number of likely N-dealkylation sites (N-methyl/N-ethyl adjacent to an activating group) is 1. The molecule has 0 aliphatic heterocycles. The molecule has 0 rings (SSSR count). The van der Waals surface area contributed by atoms with E-state index in [0.717, 1.165) is 0 Å². The summed E-state index contributed by atoms with van der Waals surface area (Å²) in [5.74, 6) is 0. The zero-order valence-corrected chi connectivity index (χ0v) is 11.3. The minimum atomic E-state index is 0.459. The van der Waals surface area contributed by atoms with E-state index in [1.54, 1.807) is 0 Å². The Labute approximate surface area is 91.3 Å². The maximum Gasteiger partial charge on any atom is 0.0285 e. The van der Waals surface area contributed by atoms with Gasteiger partial charge in [0.1, 0.15) is 0 Å². The molecular formula is C13H29N. The van der Waals surface area contributed by atoms with Gasteiger partial charge in [-0.2, -0.15) is 0 Å². The lowest BCUT2D eigenvalue weighted by Crippen LogP contribution is -2.22. The van der Waals surface area contributed by atoms with E-state index in [0.29, 0.717) is 6.04 Å². The van der Waals surface area contributed by atoms with E-state index in [9.17, 15) is 0 Å². The van der Waals surface area contributed by atoms with Crippen molar-refractivity contribution >= 4 is 0 Å². The van der Waals surface area contributed by atoms with Crippen LogP contribution >= 0.6 is 0 Å². The van der Waals surface area contributed by atoms with E-state index in [-0.39, 0.29) is 0 Å². The Balaban J connectivity index is -0.000000266. The normalized spacial score (nSPS) is 12.4. The number of hydrogen-bond donors (Lipinski definition) is 1. The molecule has 0 aliphatic rings. The van der Waals surface area contributed by atoms with Crippen molar-refractivity contribution in [2.75, 3.05) is 7.05 Å². The predicted octanol–water partition coefficient (Wildman–Crippen LogP) is 4.17. The van der Waals surface area contributed by atoms with Crippen LogP contribution in [0.2, 0.25) is 0 Å². The highest BCUT2D eigenvalue weighted by atomic mass is 14.9. The smallest absolute Gasteiger partial charge is 0.0285 e. The quantitative estimate of drug-likeness (QED) is 0.673. The van der Waals surface area contributed by atoms with Gasteiger partial charge in [-0.1, -0.05) is 45.9 Å². The predicted molar refractivity (Wildman–Crippen MR) is 69.8 cm³/mol. The zero-order chi connectivity index (χ0) is 12.0. The number of rotatable bonds is 3. The highest BCUT2D eigenvalue weighted by Crippen LogP contribution is 2.02. The molecule has 0 aromatic heterocycles. The second-order valence-corrected chi connectivity index (χ2v) is 2.30. The van der Waals surface area contributed by atoms with Crippen LogP contribution in [0.1, 0.15) is 48.5 Å². The van der Waals surface area contributed by atoms with Gasteiger partial charge in [0, 0.05) is 6.04 Å². The van der Waals surface area contributed by atoms with Crippen LogP contribution in [0.25, 0.3) is 0 Å². The van der Waals surface area contributed by atoms with E-state index in [4.69, 9.17) is 0 Å². The van der Waals surface area contributed by atoms with Gasteiger partial charge in [0.25, 0.3) is 0 Å². The van der Waals surface area contributed by atoms with Crippen LogP contribution in [-0.2, 0) is 0 Å². The summed E-state index contributed by atoms with van der Waals surface area (Å²) in [6.07, 6.45) is 6.31. The fourth-order valence-electron chi connectivity index (χ4n) is 0.850. The molecule has 0 heterocycles. The molecule has 14 heavy (non-hydrogen) atoms. The van der Waals surface area contributed by atoms with Crippen LogP contribution in [0.15, 0.2) is 23.8 Å². The van der Waals surface area contributed by atoms with Gasteiger partial charge in [0.2, 0.25) is 0 Å². The Morgan fingerprint density at radius 3 is 1.71 bits per heavy atom. The van der Waals surface area contributed by atoms with Crippen molar-refractivity contribution in [3.05, 3.63) is 23.8 Å². The van der Waals surface area contributed by atoms with Crippen LogP contribution < -0.4 is 5.32 Å². The summed E-state index contributed by atoms with van der Waals surface area (Å²) in [7, 11) is 1.97. The monoisotopic (exact) mass is 199 g/mol. The van der Waals surface area contributed by atoms with Crippen molar-refractivity contribution in [2.45, 2.75) is 54.5 Å². The third-order valence-electron chi connectivity index (χ3n) is 1.63. The van der Waals surface area contributed by atoms with Gasteiger partial charge in [-0.15, -0.1) is 0 Å². The second-order valence-electron chi connectivity index (χ2n) is 2.30. The van der Waals surface area contributed by atoms with Crippen molar-refractivity contribution in [2.24, 2.45) is 0 Å². The molecule has 0 saturated heterocycles. The molecule has 86 valence electrons. The number of nitrogens with one attached hydrogen (secondary N) is 1. The lowest BCUT2D eigenvalue weighted by molar-refractivity contribution is 0.704. The summed E-state index contributed by atoms with van der Waals surface area (Å²) in [4.78, 5) is 0. The maximum absolute atomic E-state index is 3.18. The Kier molecular flexibility index (Phi) is 24.9. The number of hydrogen-bond acceptors (Lipinski definition) is 1. The van der Waals surface area contributed by atoms with Crippen molar-refractivity contribution < 1.29 is 0 Å². The molecule has 0 aromatic rings. The highest BCUT2D eigenvalue weighted by molar-refractivity contribution is 5.22. The van der Waals surface area contributed by atoms with Crippen molar-refractivity contribution in [3.63, 3.8) is 0 Å². The standard InChI is InChI=1S/C9H17N.2C2H6/c1-5-7-9(6-2)8(3)10-4;2*1-2/h5-8,10H,1-4H3;2*1-2H3/b7-5-,9-6+;;. The Bertz CT molecular complexity index is 134. The van der Waals surface area contributed by atoms with E-state index < -0.39 is 0 Å². The largest absolute Gasteiger partial charge is 0.313 e. The minimum Gasteiger partial charge on any atom is -0.313 e. The second kappa shape index (κ2) is 18.3. The van der Waals surface area contributed by atoms with E-state index in [1.807, 2.05) is 41.7 Å². The molecule has 1 nitrogen and oxygen atoms in total. The first kappa shape index (κ1) is 19.1. The molecule has 0 saturated carbocycles. The van der Waals surface area contributed by atoms with Crippen LogP contribution in [0.5, 0.6) is 0 Å². The summed E-state index contributed by atoms with van der Waals surface area (Å²) in [5.41, 5.74) is 1.34. The molecule has 0 aromatic carbocycles. The molecule has 1 unspecified atom stereocenters. The summed E-state index contributed by atoms with van der Waals surface area (Å²) < 4.78 is 0. The fraction of sp³-hybridized carbons (Fsp3) is 0.692. The molecule has 0 radical (unpaired) electrons. The van der Waals surface area contributed by atoms with Crippen molar-refractivity contribution in [3.8, 4) is 0 Å². The first-order valence-electron chi connectivity index (χ1n) is 5.72. The molecule has 0 spiro atoms. The van der Waals surface area contributed by atoms with Crippen molar-refractivity contribution in [1.82, 2.24) is 5.32 Å². The van der Waals surface area contributed by atoms with E-state index in [1.165, 1.54) is 5.57 Å². The molecule has 1 heteroatoms. The molecular weight excluding hydrogens is 170 g/mol. The lowest BCUT2D eigenvalue weighted by Gasteiger charge is -2.10. The van der Waals surface area contributed by atoms with Crippen LogP contribution in [0.3, 0.4) is 0 Å². The number of allylic oxidation sites excluding steroid dienone is 2. The molecule has 0 aliphatic carbocycles. The van der Waals surface area contributed by atoms with Gasteiger partial charge in [-0.3, -0.25) is 0 Å². The minimum absolute atomic E-state index is 0.459. The molecule has 0 fully saturated rings. The third kappa shape index (κ3) is 11.4. The topological polar surface area (TPSA) is 12.0 Å². The molecule has 1 atom stereocenters.